The van der Waals surface area contributed by atoms with Gasteiger partial charge in [-0.25, -0.2) is 9.48 Å². The number of halogens is 2. The highest BCUT2D eigenvalue weighted by atomic mass is 35.5. The van der Waals surface area contributed by atoms with Gasteiger partial charge in [0.1, 0.15) is 6.33 Å². The Kier molecular flexibility index (Phi) is 6.23. The van der Waals surface area contributed by atoms with Gasteiger partial charge in [-0.05, 0) is 53.2 Å². The predicted octanol–water partition coefficient (Wildman–Crippen LogP) is 3.00. The number of tetrazole rings is 1. The second kappa shape index (κ2) is 8.81. The van der Waals surface area contributed by atoms with Crippen molar-refractivity contribution in [1.82, 2.24) is 25.5 Å². The van der Waals surface area contributed by atoms with Crippen molar-refractivity contribution in [2.45, 2.75) is 13.0 Å². The number of rotatable bonds is 6. The summed E-state index contributed by atoms with van der Waals surface area (Å²) in [4.78, 5) is 24.3. The van der Waals surface area contributed by atoms with Gasteiger partial charge < -0.3 is 10.1 Å². The largest absolute Gasteiger partial charge is 0.452 e. The van der Waals surface area contributed by atoms with Crippen LogP contribution in [0, 0.1) is 0 Å². The van der Waals surface area contributed by atoms with Crippen molar-refractivity contribution in [3.63, 3.8) is 0 Å². The molecule has 8 nitrogen and oxygen atoms in total. The number of hydrogen-bond donors (Lipinski definition) is 1. The van der Waals surface area contributed by atoms with Gasteiger partial charge in [-0.3, -0.25) is 4.79 Å². The zero-order chi connectivity index (χ0) is 20.1. The molecule has 10 heteroatoms. The van der Waals surface area contributed by atoms with E-state index in [0.29, 0.717) is 15.7 Å². The van der Waals surface area contributed by atoms with Crippen molar-refractivity contribution in [2.75, 3.05) is 6.61 Å². The normalized spacial score (nSPS) is 11.7. The number of ether oxygens (including phenoxy) is 1. The lowest BCUT2D eigenvalue weighted by molar-refractivity contribution is -0.124. The summed E-state index contributed by atoms with van der Waals surface area (Å²) < 4.78 is 6.49. The van der Waals surface area contributed by atoms with Crippen molar-refractivity contribution in [3.05, 3.63) is 70.0 Å². The molecule has 0 aliphatic carbocycles. The number of amides is 1. The molecule has 3 aromatic rings. The number of nitrogens with one attached hydrogen (secondary N) is 1. The SMILES string of the molecule is C[C@H](NC(=O)COC(=O)c1cccc(-n2cnnn2)c1)c1ccc(Cl)c(Cl)c1. The molecular formula is C18H15Cl2N5O3. The van der Waals surface area contributed by atoms with Gasteiger partial charge in [-0.2, -0.15) is 0 Å². The first kappa shape index (κ1) is 19.8. The van der Waals surface area contributed by atoms with Crippen LogP contribution in [0.25, 0.3) is 5.69 Å². The molecule has 1 heterocycles. The first-order valence-corrected chi connectivity index (χ1v) is 8.94. The fourth-order valence-corrected chi connectivity index (χ4v) is 2.72. The Morgan fingerprint density at radius 1 is 1.18 bits per heavy atom. The standard InChI is InChI=1S/C18H15Cl2N5O3/c1-11(12-5-6-15(19)16(20)8-12)22-17(26)9-28-18(27)13-3-2-4-14(7-13)25-10-21-23-24-25/h2-8,10-11H,9H2,1H3,(H,22,26)/t11-/m0/s1. The van der Waals surface area contributed by atoms with Crippen molar-refractivity contribution in [3.8, 4) is 5.69 Å². The molecule has 0 radical (unpaired) electrons. The van der Waals surface area contributed by atoms with Gasteiger partial charge in [0, 0.05) is 0 Å². The summed E-state index contributed by atoms with van der Waals surface area (Å²) in [5.74, 6) is -1.07. The van der Waals surface area contributed by atoms with E-state index in [2.05, 4.69) is 20.8 Å². The molecule has 0 spiro atoms. The molecule has 0 unspecified atom stereocenters. The highest BCUT2D eigenvalue weighted by molar-refractivity contribution is 6.42. The van der Waals surface area contributed by atoms with Crippen molar-refractivity contribution in [2.24, 2.45) is 0 Å². The molecular weight excluding hydrogens is 405 g/mol. The Bertz CT molecular complexity index is 995. The molecule has 3 rings (SSSR count). The maximum Gasteiger partial charge on any atom is 0.338 e. The Morgan fingerprint density at radius 3 is 2.71 bits per heavy atom. The summed E-state index contributed by atoms with van der Waals surface area (Å²) >= 11 is 11.9. The van der Waals surface area contributed by atoms with Crippen LogP contribution in [0.5, 0.6) is 0 Å². The van der Waals surface area contributed by atoms with Crippen LogP contribution in [-0.2, 0) is 9.53 Å². The Labute approximate surface area is 170 Å². The summed E-state index contributed by atoms with van der Waals surface area (Å²) in [5, 5.41) is 14.4. The number of esters is 1. The van der Waals surface area contributed by atoms with Gasteiger partial charge in [0.25, 0.3) is 5.91 Å². The molecule has 0 aliphatic rings. The van der Waals surface area contributed by atoms with Gasteiger partial charge in [-0.1, -0.05) is 35.3 Å². The van der Waals surface area contributed by atoms with Crippen LogP contribution in [0.15, 0.2) is 48.8 Å². The number of hydrogen-bond acceptors (Lipinski definition) is 6. The van der Waals surface area contributed by atoms with Crippen LogP contribution in [0.1, 0.15) is 28.9 Å². The van der Waals surface area contributed by atoms with Crippen LogP contribution >= 0.6 is 23.2 Å². The highest BCUT2D eigenvalue weighted by Crippen LogP contribution is 2.25. The predicted molar refractivity (Wildman–Crippen MR) is 102 cm³/mol. The molecule has 28 heavy (non-hydrogen) atoms. The Balaban J connectivity index is 1.56. The first-order valence-electron chi connectivity index (χ1n) is 8.19. The smallest absolute Gasteiger partial charge is 0.338 e. The zero-order valence-electron chi connectivity index (χ0n) is 14.7. The lowest BCUT2D eigenvalue weighted by atomic mass is 10.1. The number of benzene rings is 2. The molecule has 1 aromatic heterocycles. The quantitative estimate of drug-likeness (QED) is 0.616. The van der Waals surface area contributed by atoms with E-state index in [1.165, 1.54) is 11.0 Å². The molecule has 0 saturated carbocycles. The van der Waals surface area contributed by atoms with Gasteiger partial charge in [0.05, 0.1) is 27.3 Å². The first-order chi connectivity index (χ1) is 13.4. The van der Waals surface area contributed by atoms with E-state index >= 15 is 0 Å². The maximum atomic E-state index is 12.2. The third-order valence-electron chi connectivity index (χ3n) is 3.85. The van der Waals surface area contributed by atoms with Gasteiger partial charge in [0.2, 0.25) is 0 Å². The zero-order valence-corrected chi connectivity index (χ0v) is 16.2. The molecule has 1 amide bonds. The number of carbonyl (C=O) groups is 2. The molecule has 0 fully saturated rings. The molecule has 2 aromatic carbocycles. The number of carbonyl (C=O) groups excluding carboxylic acids is 2. The fraction of sp³-hybridized carbons (Fsp3) is 0.167. The van der Waals surface area contributed by atoms with E-state index in [1.807, 2.05) is 0 Å². The highest BCUT2D eigenvalue weighted by Gasteiger charge is 2.14. The third kappa shape index (κ3) is 4.85. The minimum Gasteiger partial charge on any atom is -0.452 e. The van der Waals surface area contributed by atoms with Crippen LogP contribution < -0.4 is 5.32 Å². The molecule has 144 valence electrons. The minimum atomic E-state index is -0.632. The average Bonchev–Trinajstić information content (AvgIpc) is 3.23. The van der Waals surface area contributed by atoms with E-state index in [-0.39, 0.29) is 11.6 Å². The van der Waals surface area contributed by atoms with Crippen molar-refractivity contribution >= 4 is 35.1 Å². The molecule has 0 bridgehead atoms. The van der Waals surface area contributed by atoms with Crippen LogP contribution in [-0.4, -0.2) is 38.7 Å². The van der Waals surface area contributed by atoms with E-state index in [1.54, 1.807) is 49.4 Å². The lowest BCUT2D eigenvalue weighted by Gasteiger charge is -2.15. The Morgan fingerprint density at radius 2 is 2.00 bits per heavy atom. The van der Waals surface area contributed by atoms with Gasteiger partial charge in [-0.15, -0.1) is 5.10 Å². The molecule has 0 saturated heterocycles. The number of nitrogens with zero attached hydrogens (tertiary/aromatic N) is 4. The third-order valence-corrected chi connectivity index (χ3v) is 4.59. The maximum absolute atomic E-state index is 12.2. The second-order valence-electron chi connectivity index (χ2n) is 5.84. The van der Waals surface area contributed by atoms with Gasteiger partial charge in [0.15, 0.2) is 6.61 Å². The molecule has 0 aliphatic heterocycles. The summed E-state index contributed by atoms with van der Waals surface area (Å²) in [6.45, 7) is 1.37. The van der Waals surface area contributed by atoms with Crippen LogP contribution in [0.3, 0.4) is 0 Å². The van der Waals surface area contributed by atoms with E-state index in [9.17, 15) is 9.59 Å². The summed E-state index contributed by atoms with van der Waals surface area (Å²) in [5.41, 5.74) is 1.65. The van der Waals surface area contributed by atoms with Crippen molar-refractivity contribution < 1.29 is 14.3 Å². The Hall–Kier alpha value is -2.97. The van der Waals surface area contributed by atoms with Crippen LogP contribution in [0.4, 0.5) is 0 Å². The topological polar surface area (TPSA) is 99.0 Å². The second-order valence-corrected chi connectivity index (χ2v) is 6.66. The summed E-state index contributed by atoms with van der Waals surface area (Å²) in [6.07, 6.45) is 1.41. The fourth-order valence-electron chi connectivity index (χ4n) is 2.42. The lowest BCUT2D eigenvalue weighted by Crippen LogP contribution is -2.31. The summed E-state index contributed by atoms with van der Waals surface area (Å²) in [7, 11) is 0. The monoisotopic (exact) mass is 419 g/mol. The average molecular weight is 420 g/mol. The molecule has 1 atom stereocenters. The van der Waals surface area contributed by atoms with E-state index in [4.69, 9.17) is 27.9 Å². The van der Waals surface area contributed by atoms with E-state index in [0.717, 1.165) is 5.56 Å². The van der Waals surface area contributed by atoms with Crippen LogP contribution in [0.2, 0.25) is 10.0 Å². The summed E-state index contributed by atoms with van der Waals surface area (Å²) in [6, 6.07) is 11.3. The van der Waals surface area contributed by atoms with E-state index < -0.39 is 18.5 Å². The van der Waals surface area contributed by atoms with Gasteiger partial charge >= 0.3 is 5.97 Å². The minimum absolute atomic E-state index is 0.276. The van der Waals surface area contributed by atoms with Crippen molar-refractivity contribution in [1.29, 1.82) is 0 Å². The number of aromatic nitrogens is 4. The molecule has 1 N–H and O–H groups in total.